The maximum absolute atomic E-state index is 12.1. The van der Waals surface area contributed by atoms with Crippen molar-refractivity contribution in [2.45, 2.75) is 26.2 Å². The van der Waals surface area contributed by atoms with Crippen molar-refractivity contribution in [2.24, 2.45) is 11.3 Å². The van der Waals surface area contributed by atoms with Gasteiger partial charge in [0.1, 0.15) is 6.61 Å². The van der Waals surface area contributed by atoms with Gasteiger partial charge in [0.2, 0.25) is 5.91 Å². The van der Waals surface area contributed by atoms with Gasteiger partial charge in [0.25, 0.3) is 0 Å². The van der Waals surface area contributed by atoms with Crippen molar-refractivity contribution in [1.29, 1.82) is 0 Å². The lowest BCUT2D eigenvalue weighted by Gasteiger charge is -2.33. The quantitative estimate of drug-likeness (QED) is 0.729. The van der Waals surface area contributed by atoms with Crippen molar-refractivity contribution >= 4 is 11.9 Å². The average molecular weight is 285 g/mol. The second-order valence-corrected chi connectivity index (χ2v) is 5.66. The number of likely N-dealkylation sites (tertiary alicyclic amines) is 1. The Balaban J connectivity index is 1.92. The predicted octanol–water partition coefficient (Wildman–Crippen LogP) is 0.753. The van der Waals surface area contributed by atoms with E-state index in [9.17, 15) is 14.7 Å². The number of rotatable bonds is 6. The number of unbranched alkanes of at least 4 members (excludes halogenated alkanes) is 1. The van der Waals surface area contributed by atoms with E-state index in [1.807, 2.05) is 0 Å². The third-order valence-electron chi connectivity index (χ3n) is 4.35. The zero-order valence-electron chi connectivity index (χ0n) is 12.0. The summed E-state index contributed by atoms with van der Waals surface area (Å²) in [5, 5.41) is 9.52. The normalized spacial score (nSPS) is 29.2. The standard InChI is InChI=1S/C14H23NO5/c1-2-3-5-19-9-12(16)15-7-11-8-20-6-4-14(11,10-15)13(17)18/h11H,2-10H2,1H3,(H,17,18)/t11-,14+/m0/s1. The highest BCUT2D eigenvalue weighted by Gasteiger charge is 2.54. The molecule has 0 aromatic carbocycles. The Hall–Kier alpha value is -1.14. The molecule has 114 valence electrons. The Labute approximate surface area is 119 Å². The van der Waals surface area contributed by atoms with E-state index in [0.717, 1.165) is 12.8 Å². The van der Waals surface area contributed by atoms with Gasteiger partial charge in [0.15, 0.2) is 0 Å². The molecule has 0 aliphatic carbocycles. The second kappa shape index (κ2) is 6.54. The number of carbonyl (C=O) groups is 2. The summed E-state index contributed by atoms with van der Waals surface area (Å²) in [5.74, 6) is -1.03. The summed E-state index contributed by atoms with van der Waals surface area (Å²) in [6.07, 6.45) is 2.44. The van der Waals surface area contributed by atoms with E-state index < -0.39 is 11.4 Å². The van der Waals surface area contributed by atoms with Gasteiger partial charge in [-0.25, -0.2) is 0 Å². The van der Waals surface area contributed by atoms with E-state index in [1.54, 1.807) is 4.90 Å². The van der Waals surface area contributed by atoms with Crippen molar-refractivity contribution < 1.29 is 24.2 Å². The Morgan fingerprint density at radius 3 is 2.95 bits per heavy atom. The van der Waals surface area contributed by atoms with Crippen molar-refractivity contribution in [3.05, 3.63) is 0 Å². The summed E-state index contributed by atoms with van der Waals surface area (Å²) in [5.41, 5.74) is -0.822. The Bertz CT molecular complexity index is 373. The molecule has 1 N–H and O–H groups in total. The molecule has 1 amide bonds. The van der Waals surface area contributed by atoms with Gasteiger partial charge in [-0.15, -0.1) is 0 Å². The van der Waals surface area contributed by atoms with Gasteiger partial charge < -0.3 is 19.5 Å². The molecule has 2 saturated heterocycles. The second-order valence-electron chi connectivity index (χ2n) is 5.66. The topological polar surface area (TPSA) is 76.1 Å². The van der Waals surface area contributed by atoms with E-state index in [0.29, 0.717) is 32.8 Å². The van der Waals surface area contributed by atoms with Crippen LogP contribution in [0.15, 0.2) is 0 Å². The highest BCUT2D eigenvalue weighted by Crippen LogP contribution is 2.42. The zero-order chi connectivity index (χ0) is 14.6. The number of carbonyl (C=O) groups excluding carboxylic acids is 1. The number of nitrogens with zero attached hydrogens (tertiary/aromatic N) is 1. The molecule has 0 unspecified atom stereocenters. The van der Waals surface area contributed by atoms with Crippen LogP contribution < -0.4 is 0 Å². The Morgan fingerprint density at radius 2 is 2.30 bits per heavy atom. The maximum atomic E-state index is 12.1. The highest BCUT2D eigenvalue weighted by atomic mass is 16.5. The summed E-state index contributed by atoms with van der Waals surface area (Å²) in [6.45, 7) is 4.31. The lowest BCUT2D eigenvalue weighted by atomic mass is 9.74. The molecular weight excluding hydrogens is 262 g/mol. The molecule has 6 nitrogen and oxygen atoms in total. The fraction of sp³-hybridized carbons (Fsp3) is 0.857. The van der Waals surface area contributed by atoms with E-state index in [-0.39, 0.29) is 25.0 Å². The molecule has 0 aromatic heterocycles. The Kier molecular flexibility index (Phi) is 4.99. The highest BCUT2D eigenvalue weighted by molar-refractivity contribution is 5.81. The van der Waals surface area contributed by atoms with Gasteiger partial charge in [-0.2, -0.15) is 0 Å². The van der Waals surface area contributed by atoms with E-state index in [2.05, 4.69) is 6.92 Å². The third-order valence-corrected chi connectivity index (χ3v) is 4.35. The SMILES string of the molecule is CCCCOCC(=O)N1C[C@H]2COCC[C@@]2(C(=O)O)C1. The molecule has 2 aliphatic heterocycles. The molecule has 2 fully saturated rings. The fourth-order valence-corrected chi connectivity index (χ4v) is 2.99. The molecule has 6 heteroatoms. The minimum atomic E-state index is -0.822. The summed E-state index contributed by atoms with van der Waals surface area (Å²) in [4.78, 5) is 25.3. The van der Waals surface area contributed by atoms with Crippen molar-refractivity contribution in [3.63, 3.8) is 0 Å². The van der Waals surface area contributed by atoms with E-state index in [1.165, 1.54) is 0 Å². The van der Waals surface area contributed by atoms with Gasteiger partial charge in [-0.1, -0.05) is 13.3 Å². The molecule has 2 atom stereocenters. The lowest BCUT2D eigenvalue weighted by Crippen LogP contribution is -2.45. The maximum Gasteiger partial charge on any atom is 0.311 e. The molecule has 2 aliphatic rings. The number of fused-ring (bicyclic) bond motifs is 1. The predicted molar refractivity (Wildman–Crippen MR) is 71.3 cm³/mol. The number of hydrogen-bond acceptors (Lipinski definition) is 4. The van der Waals surface area contributed by atoms with Crippen LogP contribution in [0.3, 0.4) is 0 Å². The first-order chi connectivity index (χ1) is 9.60. The van der Waals surface area contributed by atoms with Crippen LogP contribution in [0, 0.1) is 11.3 Å². The average Bonchev–Trinajstić information content (AvgIpc) is 2.84. The minimum absolute atomic E-state index is 0.0449. The molecule has 0 spiro atoms. The van der Waals surface area contributed by atoms with Gasteiger partial charge in [-0.05, 0) is 12.8 Å². The van der Waals surface area contributed by atoms with Crippen LogP contribution in [-0.2, 0) is 19.1 Å². The fourth-order valence-electron chi connectivity index (χ4n) is 2.99. The van der Waals surface area contributed by atoms with E-state index in [4.69, 9.17) is 9.47 Å². The van der Waals surface area contributed by atoms with Gasteiger partial charge in [-0.3, -0.25) is 9.59 Å². The van der Waals surface area contributed by atoms with Crippen LogP contribution in [0.25, 0.3) is 0 Å². The lowest BCUT2D eigenvalue weighted by molar-refractivity contribution is -0.157. The van der Waals surface area contributed by atoms with Crippen LogP contribution >= 0.6 is 0 Å². The first-order valence-corrected chi connectivity index (χ1v) is 7.27. The van der Waals surface area contributed by atoms with Crippen molar-refractivity contribution in [2.75, 3.05) is 39.5 Å². The number of carboxylic acid groups (broad SMARTS) is 1. The van der Waals surface area contributed by atoms with Crippen molar-refractivity contribution in [1.82, 2.24) is 4.90 Å². The van der Waals surface area contributed by atoms with Gasteiger partial charge >= 0.3 is 5.97 Å². The van der Waals surface area contributed by atoms with Gasteiger partial charge in [0.05, 0.1) is 12.0 Å². The van der Waals surface area contributed by atoms with Crippen LogP contribution in [0.5, 0.6) is 0 Å². The summed E-state index contributed by atoms with van der Waals surface area (Å²) >= 11 is 0. The zero-order valence-corrected chi connectivity index (χ0v) is 12.0. The molecular formula is C14H23NO5. The smallest absolute Gasteiger partial charge is 0.311 e. The summed E-state index contributed by atoms with van der Waals surface area (Å²) in [6, 6.07) is 0. The van der Waals surface area contributed by atoms with Crippen LogP contribution in [0.4, 0.5) is 0 Å². The molecule has 0 saturated carbocycles. The largest absolute Gasteiger partial charge is 0.481 e. The van der Waals surface area contributed by atoms with Crippen molar-refractivity contribution in [3.8, 4) is 0 Å². The molecule has 0 bridgehead atoms. The first kappa shape index (κ1) is 15.3. The molecule has 0 aromatic rings. The number of amides is 1. The third kappa shape index (κ3) is 2.96. The Morgan fingerprint density at radius 1 is 1.50 bits per heavy atom. The molecule has 2 rings (SSSR count). The van der Waals surface area contributed by atoms with Crippen LogP contribution in [0.2, 0.25) is 0 Å². The molecule has 20 heavy (non-hydrogen) atoms. The first-order valence-electron chi connectivity index (χ1n) is 7.27. The summed E-state index contributed by atoms with van der Waals surface area (Å²) < 4.78 is 10.7. The van der Waals surface area contributed by atoms with Crippen LogP contribution in [0.1, 0.15) is 26.2 Å². The van der Waals surface area contributed by atoms with E-state index >= 15 is 0 Å². The van der Waals surface area contributed by atoms with Gasteiger partial charge in [0, 0.05) is 32.2 Å². The number of hydrogen-bond donors (Lipinski definition) is 1. The molecule has 2 heterocycles. The monoisotopic (exact) mass is 285 g/mol. The number of carboxylic acids is 1. The molecule has 0 radical (unpaired) electrons. The van der Waals surface area contributed by atoms with Crippen LogP contribution in [-0.4, -0.2) is 61.4 Å². The summed E-state index contributed by atoms with van der Waals surface area (Å²) in [7, 11) is 0. The number of aliphatic carboxylic acids is 1. The number of ether oxygens (including phenoxy) is 2. The minimum Gasteiger partial charge on any atom is -0.481 e.